The van der Waals surface area contributed by atoms with Crippen molar-refractivity contribution in [3.63, 3.8) is 0 Å². The molecule has 0 heterocycles. The first-order valence-electron chi connectivity index (χ1n) is 37.5. The van der Waals surface area contributed by atoms with E-state index in [1.165, 1.54) is 90.9 Å². The van der Waals surface area contributed by atoms with E-state index < -0.39 is 79.4 Å². The monoisotopic (exact) mass is 1400 g/mol. The Morgan fingerprint density at radius 2 is 0.609 bits per heavy atom. The molecule has 0 aromatic carbocycles. The zero-order valence-corrected chi connectivity index (χ0v) is 65.8. The van der Waals surface area contributed by atoms with Gasteiger partial charge in [-0.1, -0.05) is 364 Å². The van der Waals surface area contributed by atoms with E-state index in [1.807, 2.05) is 55.4 Å². The second-order valence-electron chi connectivity index (χ2n) is 25.9. The van der Waals surface area contributed by atoms with Gasteiger partial charge in [0.1, 0.15) is 0 Å². The predicted molar refractivity (Wildman–Crippen MR) is 373 cm³/mol. The largest absolute Gasteiger partial charge is 0.393 e. The molecule has 92 heavy (non-hydrogen) atoms. The first kappa shape index (κ1) is 107. The molecule has 0 aliphatic heterocycles. The molecule has 0 saturated heterocycles. The maximum absolute atomic E-state index is 11.6. The molecular formula is C74H158F18. The molecule has 18 heteroatoms. The standard InChI is InChI=1S/C7H14.2C6H11F3.C6H12.2C5H9F3.2C5H12.2C4H7F3.4C4H10.C3H8.C2H6/c1-7-5-3-2-4-6-7;2*1-3-5(2)4-6(7,8)9;1-6-4-2-3-5-6;1-4(2,3)5(6,7)8;1-3-4(2)5(6,7)8;1-4-5(2)3;1-3-5-4-2;2*1-3(2)4(5,6)7;2*1-4(2)3;2*1-3-4-2;1-3-2;1-2/h7H,2-6H2,1H3;2*5H,3-4H2,1-2H3;6H,2-5H2,1H3;1-3H3;4H,3H2,1-2H3;5H,4H2,1-3H3;3-5H2,1-2H3;2*3H,1-2H3;2*4H,1-3H3;2*3-4H2,1-2H3;3H2,1-2H3;1-2H3/t;2*5-;;;;;;;;;;;;;/m.00............./s1/i7D;;;6D;;;;;3D;;4D;;3D2;;;. The van der Waals surface area contributed by atoms with E-state index in [2.05, 4.69) is 83.1 Å². The molecule has 2 fully saturated rings. The van der Waals surface area contributed by atoms with Gasteiger partial charge < -0.3 is 0 Å². The molecular weight excluding hydrogens is 1230 g/mol. The number of unbranched alkanes of at least 4 members (excludes halogenated alkanes) is 3. The SMILES string of the molecule is CC.CC(C)(C)C(F)(F)F.CC(C)C.CC(C)C(F)(F)F.CCC.CCC(C)C.CCC(C)C(F)(F)F.CCCC.CCCCC.CC[C@H](C)CC(F)(F)F.CC[C@H](C)CC(F)(F)F.[2H]C(C)(C)C.[2H]C(C)(C)C(F)(F)F.[2H]C([2H])(C)CC.[2H]C1(C)CCCC1.[2H]C1(C)CCCCC1. The molecule has 1 unspecified atom stereocenters. The number of alkyl halides is 18. The molecule has 0 bridgehead atoms. The van der Waals surface area contributed by atoms with Crippen molar-refractivity contribution >= 4 is 0 Å². The number of hydrogen-bond acceptors (Lipinski definition) is 0. The summed E-state index contributed by atoms with van der Waals surface area (Å²) in [5.74, 6) is -3.79. The van der Waals surface area contributed by atoms with Gasteiger partial charge in [0.2, 0.25) is 0 Å². The number of hydrogen-bond donors (Lipinski definition) is 0. The lowest BCUT2D eigenvalue weighted by Gasteiger charge is -2.21. The van der Waals surface area contributed by atoms with Gasteiger partial charge in [0.15, 0.2) is 0 Å². The lowest BCUT2D eigenvalue weighted by atomic mass is 9.91. The second kappa shape index (κ2) is 80.4. The fraction of sp³-hybridized carbons (Fsp3) is 1.00. The van der Waals surface area contributed by atoms with Gasteiger partial charge in [-0.3, -0.25) is 0 Å². The van der Waals surface area contributed by atoms with E-state index in [9.17, 15) is 79.0 Å². The zero-order valence-electron chi connectivity index (χ0n) is 71.8. The molecule has 0 N–H and O–H groups in total. The van der Waals surface area contributed by atoms with Gasteiger partial charge in [-0.15, -0.1) is 0 Å². The van der Waals surface area contributed by atoms with Crippen LogP contribution in [0.5, 0.6) is 0 Å². The van der Waals surface area contributed by atoms with E-state index in [-0.39, 0.29) is 35.9 Å². The summed E-state index contributed by atoms with van der Waals surface area (Å²) in [6.45, 7) is 60.0. The third-order valence-corrected chi connectivity index (χ3v) is 11.3. The average molecular weight is 1400 g/mol. The maximum Gasteiger partial charge on any atom is 0.393 e. The van der Waals surface area contributed by atoms with Crippen molar-refractivity contribution in [1.29, 1.82) is 0 Å². The molecule has 0 spiro atoms. The van der Waals surface area contributed by atoms with Gasteiger partial charge in [-0.2, -0.15) is 79.0 Å². The minimum absolute atomic E-state index is 0.0556. The van der Waals surface area contributed by atoms with Crippen LogP contribution in [0.4, 0.5) is 79.0 Å². The van der Waals surface area contributed by atoms with Gasteiger partial charge in [0.25, 0.3) is 0 Å². The third kappa shape index (κ3) is 174. The van der Waals surface area contributed by atoms with E-state index in [4.69, 9.17) is 8.22 Å². The van der Waals surface area contributed by atoms with E-state index in [0.717, 1.165) is 86.0 Å². The molecule has 3 atom stereocenters. The Bertz CT molecular complexity index is 1410. The first-order valence-corrected chi connectivity index (χ1v) is 34.5. The highest BCUT2D eigenvalue weighted by atomic mass is 19.4. The van der Waals surface area contributed by atoms with Crippen molar-refractivity contribution in [3.05, 3.63) is 0 Å². The third-order valence-electron chi connectivity index (χ3n) is 11.3. The summed E-state index contributed by atoms with van der Waals surface area (Å²) in [5, 5.41) is 0. The fourth-order valence-electron chi connectivity index (χ4n) is 3.80. The molecule has 0 radical (unpaired) electrons. The van der Waals surface area contributed by atoms with Crippen LogP contribution < -0.4 is 0 Å². The van der Waals surface area contributed by atoms with Gasteiger partial charge in [-0.25, -0.2) is 0 Å². The van der Waals surface area contributed by atoms with Crippen LogP contribution in [0.2, 0.25) is 0 Å². The summed E-state index contributed by atoms with van der Waals surface area (Å²) in [7, 11) is 0. The normalized spacial score (nSPS) is 15.9. The summed E-state index contributed by atoms with van der Waals surface area (Å²) >= 11 is 0. The molecule has 2 rings (SSSR count). The van der Waals surface area contributed by atoms with Crippen LogP contribution >= 0.6 is 0 Å². The van der Waals surface area contributed by atoms with Crippen LogP contribution in [0, 0.1) is 64.5 Å². The highest BCUT2D eigenvalue weighted by molar-refractivity contribution is 4.70. The van der Waals surface area contributed by atoms with Crippen LogP contribution in [-0.2, 0) is 0 Å². The number of halogens is 18. The van der Waals surface area contributed by atoms with E-state index in [0.29, 0.717) is 19.3 Å². The highest BCUT2D eigenvalue weighted by Gasteiger charge is 2.43. The smallest absolute Gasteiger partial charge is 0.171 e. The Morgan fingerprint density at radius 3 is 0.652 bits per heavy atom. The molecule has 0 nitrogen and oxygen atoms in total. The molecule has 0 aromatic rings. The van der Waals surface area contributed by atoms with Gasteiger partial charge in [0.05, 0.1) is 11.3 Å². The minimum Gasteiger partial charge on any atom is -0.171 e. The van der Waals surface area contributed by atoms with Crippen LogP contribution in [0.3, 0.4) is 0 Å². The Kier molecular flexibility index (Phi) is 93.3. The average Bonchev–Trinajstić information content (AvgIpc) is 1.12. The summed E-state index contributed by atoms with van der Waals surface area (Å²) in [6, 6.07) is 0. The fourth-order valence-corrected chi connectivity index (χ4v) is 3.80. The van der Waals surface area contributed by atoms with Crippen LogP contribution in [-0.4, -0.2) is 37.1 Å². The molecule has 2 aliphatic rings. The Hall–Kier alpha value is -1.26. The summed E-state index contributed by atoms with van der Waals surface area (Å²) in [5.41, 5.74) is -1.56. The summed E-state index contributed by atoms with van der Waals surface area (Å²) in [4.78, 5) is 0. The Morgan fingerprint density at radius 1 is 0.402 bits per heavy atom. The Balaban J connectivity index is -0.0000000646. The summed E-state index contributed by atoms with van der Waals surface area (Å²) < 4.78 is 248. The molecule has 0 amide bonds. The van der Waals surface area contributed by atoms with Gasteiger partial charge >= 0.3 is 37.1 Å². The van der Waals surface area contributed by atoms with Crippen molar-refractivity contribution in [2.24, 2.45) is 64.5 Å². The maximum atomic E-state index is 11.6. The molecule has 0 aromatic heterocycles. The molecule has 2 aliphatic carbocycles. The second-order valence-corrected chi connectivity index (χ2v) is 25.9. The summed E-state index contributed by atoms with van der Waals surface area (Å²) in [6.07, 6.45) is -4.48. The van der Waals surface area contributed by atoms with Crippen LogP contribution in [0.25, 0.3) is 0 Å². The van der Waals surface area contributed by atoms with Crippen molar-refractivity contribution in [2.75, 3.05) is 0 Å². The predicted octanol–water partition coefficient (Wildman–Crippen LogP) is 34.0. The minimum atomic E-state index is -4.40. The van der Waals surface area contributed by atoms with Gasteiger partial charge in [0, 0.05) is 32.9 Å². The van der Waals surface area contributed by atoms with Crippen molar-refractivity contribution in [2.45, 2.75) is 420 Å². The zero-order chi connectivity index (χ0) is 83.0. The van der Waals surface area contributed by atoms with Crippen molar-refractivity contribution < 1.29 is 87.3 Å². The Labute approximate surface area is 570 Å². The number of rotatable bonds is 10. The van der Waals surface area contributed by atoms with Crippen molar-refractivity contribution in [1.82, 2.24) is 0 Å². The topological polar surface area (TPSA) is 0 Å². The van der Waals surface area contributed by atoms with E-state index in [1.54, 1.807) is 34.6 Å². The highest BCUT2D eigenvalue weighted by Crippen LogP contribution is 2.36. The lowest BCUT2D eigenvalue weighted by Crippen LogP contribution is -2.28. The molecule has 580 valence electrons. The van der Waals surface area contributed by atoms with Gasteiger partial charge in [-0.05, 0) is 47.8 Å². The lowest BCUT2D eigenvalue weighted by molar-refractivity contribution is -0.204. The molecule has 2 saturated carbocycles. The first-order chi connectivity index (χ1) is 43.1. The van der Waals surface area contributed by atoms with Crippen LogP contribution in [0.15, 0.2) is 0 Å². The quantitative estimate of drug-likeness (QED) is 0.191. The van der Waals surface area contributed by atoms with E-state index >= 15 is 0 Å². The van der Waals surface area contributed by atoms with Crippen molar-refractivity contribution in [3.8, 4) is 0 Å². The van der Waals surface area contributed by atoms with Crippen LogP contribution in [0.1, 0.15) is 391 Å².